The predicted octanol–water partition coefficient (Wildman–Crippen LogP) is 2.90. The zero-order chi connectivity index (χ0) is 13.9. The summed E-state index contributed by atoms with van der Waals surface area (Å²) in [6.45, 7) is 2.17. The third kappa shape index (κ3) is 1.40. The molecule has 0 spiro atoms. The minimum absolute atomic E-state index is 0.146. The summed E-state index contributed by atoms with van der Waals surface area (Å²) in [5.74, 6) is -0.0441. The van der Waals surface area contributed by atoms with Crippen molar-refractivity contribution in [2.24, 2.45) is 10.9 Å². The average Bonchev–Trinajstić information content (AvgIpc) is 2.72. The summed E-state index contributed by atoms with van der Waals surface area (Å²) < 4.78 is 0. The largest absolute Gasteiger partial charge is 0.349 e. The minimum atomic E-state index is -0.190. The van der Waals surface area contributed by atoms with E-state index in [1.807, 2.05) is 19.2 Å². The maximum atomic E-state index is 12.2. The molecule has 2 aliphatic carbocycles. The zero-order valence-electron chi connectivity index (χ0n) is 11.7. The lowest BCUT2D eigenvalue weighted by atomic mass is 9.88. The van der Waals surface area contributed by atoms with Gasteiger partial charge in [0.05, 0.1) is 11.4 Å². The van der Waals surface area contributed by atoms with Crippen LogP contribution in [0.4, 0.5) is 0 Å². The molecule has 0 radical (unpaired) electrons. The fraction of sp³-hybridized carbons (Fsp3) is 0.294. The standard InChI is InChI=1S/C17H16N2O/c1-10-5-3-6-12-11(10)9-14-17(18-12)16-13(19(14)2)7-4-8-15(16)20/h3-4,6-8,16H,5,9H2,1-2H3. The molecule has 1 unspecified atom stereocenters. The lowest BCUT2D eigenvalue weighted by molar-refractivity contribution is -0.116. The second-order valence-electron chi connectivity index (χ2n) is 5.72. The van der Waals surface area contributed by atoms with Gasteiger partial charge in [-0.3, -0.25) is 9.79 Å². The highest BCUT2D eigenvalue weighted by Gasteiger charge is 2.41. The maximum Gasteiger partial charge on any atom is 0.170 e. The SMILES string of the molecule is CC1=C2CC3=C(N=C2C=CC1)C1C(=O)C=CC=C1N3C. The molecule has 0 amide bonds. The maximum absolute atomic E-state index is 12.2. The molecule has 20 heavy (non-hydrogen) atoms. The van der Waals surface area contributed by atoms with Gasteiger partial charge in [-0.2, -0.15) is 0 Å². The Morgan fingerprint density at radius 1 is 1.35 bits per heavy atom. The molecule has 0 saturated heterocycles. The van der Waals surface area contributed by atoms with Crippen LogP contribution >= 0.6 is 0 Å². The van der Waals surface area contributed by atoms with Crippen molar-refractivity contribution in [1.29, 1.82) is 0 Å². The van der Waals surface area contributed by atoms with Gasteiger partial charge in [0.25, 0.3) is 0 Å². The Bertz CT molecular complexity index is 713. The Labute approximate surface area is 118 Å². The highest BCUT2D eigenvalue weighted by atomic mass is 16.1. The highest BCUT2D eigenvalue weighted by Crippen LogP contribution is 2.45. The molecule has 3 nitrogen and oxygen atoms in total. The van der Waals surface area contributed by atoms with E-state index in [9.17, 15) is 4.79 Å². The third-order valence-corrected chi connectivity index (χ3v) is 4.58. The van der Waals surface area contributed by atoms with Crippen molar-refractivity contribution in [3.63, 3.8) is 0 Å². The Morgan fingerprint density at radius 3 is 3.05 bits per heavy atom. The minimum Gasteiger partial charge on any atom is -0.349 e. The summed E-state index contributed by atoms with van der Waals surface area (Å²) in [5.41, 5.74) is 6.97. The lowest BCUT2D eigenvalue weighted by Gasteiger charge is -2.24. The molecule has 3 heteroatoms. The van der Waals surface area contributed by atoms with Gasteiger partial charge in [0.15, 0.2) is 5.78 Å². The number of aliphatic imine (C=N–C) groups is 1. The molecule has 0 aromatic rings. The van der Waals surface area contributed by atoms with Crippen LogP contribution in [0.25, 0.3) is 0 Å². The Kier molecular flexibility index (Phi) is 2.28. The molecule has 0 bridgehead atoms. The number of nitrogens with zero attached hydrogens (tertiary/aromatic N) is 2. The van der Waals surface area contributed by atoms with Gasteiger partial charge < -0.3 is 4.90 Å². The van der Waals surface area contributed by atoms with Crippen molar-refractivity contribution in [3.8, 4) is 0 Å². The summed E-state index contributed by atoms with van der Waals surface area (Å²) in [6, 6.07) is 0. The predicted molar refractivity (Wildman–Crippen MR) is 79.0 cm³/mol. The molecule has 4 aliphatic rings. The lowest BCUT2D eigenvalue weighted by Crippen LogP contribution is -2.20. The number of carbonyl (C=O) groups excluding carboxylic acids is 1. The van der Waals surface area contributed by atoms with Crippen LogP contribution < -0.4 is 0 Å². The van der Waals surface area contributed by atoms with Crippen LogP contribution in [0.1, 0.15) is 19.8 Å². The molecular weight excluding hydrogens is 248 g/mol. The summed E-state index contributed by atoms with van der Waals surface area (Å²) in [6.07, 6.45) is 11.7. The fourth-order valence-electron chi connectivity index (χ4n) is 3.43. The van der Waals surface area contributed by atoms with Gasteiger partial charge in [-0.25, -0.2) is 0 Å². The number of allylic oxidation sites excluding steroid dienone is 7. The number of hydrogen-bond donors (Lipinski definition) is 0. The average molecular weight is 264 g/mol. The second kappa shape index (κ2) is 3.92. The Balaban J connectivity index is 1.87. The molecule has 1 atom stereocenters. The van der Waals surface area contributed by atoms with Crippen molar-refractivity contribution in [3.05, 3.63) is 58.6 Å². The van der Waals surface area contributed by atoms with E-state index >= 15 is 0 Å². The first-order valence-electron chi connectivity index (χ1n) is 7.00. The molecule has 0 aromatic carbocycles. The molecule has 0 saturated carbocycles. The van der Waals surface area contributed by atoms with Crippen LogP contribution in [0.15, 0.2) is 63.6 Å². The Hall–Kier alpha value is -2.16. The highest BCUT2D eigenvalue weighted by molar-refractivity contribution is 6.12. The first-order valence-corrected chi connectivity index (χ1v) is 7.00. The second-order valence-corrected chi connectivity index (χ2v) is 5.72. The van der Waals surface area contributed by atoms with Crippen molar-refractivity contribution in [2.75, 3.05) is 7.05 Å². The number of carbonyl (C=O) groups is 1. The third-order valence-electron chi connectivity index (χ3n) is 4.58. The monoisotopic (exact) mass is 264 g/mol. The van der Waals surface area contributed by atoms with Gasteiger partial charge in [0.2, 0.25) is 0 Å². The van der Waals surface area contributed by atoms with Crippen LogP contribution in [-0.2, 0) is 4.79 Å². The molecule has 2 aliphatic heterocycles. The smallest absolute Gasteiger partial charge is 0.170 e. The van der Waals surface area contributed by atoms with Gasteiger partial charge >= 0.3 is 0 Å². The van der Waals surface area contributed by atoms with E-state index < -0.39 is 0 Å². The summed E-state index contributed by atoms with van der Waals surface area (Å²) in [7, 11) is 2.04. The van der Waals surface area contributed by atoms with Crippen molar-refractivity contribution in [1.82, 2.24) is 4.90 Å². The van der Waals surface area contributed by atoms with Gasteiger partial charge in [-0.1, -0.05) is 17.7 Å². The fourth-order valence-corrected chi connectivity index (χ4v) is 3.43. The van der Waals surface area contributed by atoms with Gasteiger partial charge in [0, 0.05) is 24.9 Å². The topological polar surface area (TPSA) is 32.7 Å². The van der Waals surface area contributed by atoms with Crippen molar-refractivity contribution >= 4 is 11.5 Å². The number of ketones is 1. The van der Waals surface area contributed by atoms with Crippen molar-refractivity contribution < 1.29 is 4.79 Å². The number of fused-ring (bicyclic) bond motifs is 3. The van der Waals surface area contributed by atoms with Gasteiger partial charge in [-0.05, 0) is 37.1 Å². The zero-order valence-corrected chi connectivity index (χ0v) is 11.7. The summed E-state index contributed by atoms with van der Waals surface area (Å²) in [5, 5.41) is 0. The molecule has 2 heterocycles. The molecule has 4 rings (SSSR count). The van der Waals surface area contributed by atoms with E-state index in [1.165, 1.54) is 16.8 Å². The van der Waals surface area contributed by atoms with Crippen LogP contribution in [-0.4, -0.2) is 23.4 Å². The Morgan fingerprint density at radius 2 is 2.20 bits per heavy atom. The van der Waals surface area contributed by atoms with Crippen LogP contribution in [0.5, 0.6) is 0 Å². The van der Waals surface area contributed by atoms with Crippen LogP contribution in [0, 0.1) is 5.92 Å². The first kappa shape index (κ1) is 11.6. The van der Waals surface area contributed by atoms with Crippen molar-refractivity contribution in [2.45, 2.75) is 19.8 Å². The normalized spacial score (nSPS) is 27.4. The van der Waals surface area contributed by atoms with Crippen LogP contribution in [0.3, 0.4) is 0 Å². The summed E-state index contributed by atoms with van der Waals surface area (Å²) in [4.78, 5) is 19.2. The number of hydrogen-bond acceptors (Lipinski definition) is 3. The van der Waals surface area contributed by atoms with E-state index in [4.69, 9.17) is 4.99 Å². The first-order chi connectivity index (χ1) is 9.66. The summed E-state index contributed by atoms with van der Waals surface area (Å²) >= 11 is 0. The quantitative estimate of drug-likeness (QED) is 0.674. The molecule has 0 fully saturated rings. The molecule has 0 N–H and O–H groups in total. The molecule has 0 aromatic heterocycles. The van der Waals surface area contributed by atoms with Crippen LogP contribution in [0.2, 0.25) is 0 Å². The molecular formula is C17H16N2O. The van der Waals surface area contributed by atoms with Gasteiger partial charge in [0.1, 0.15) is 5.92 Å². The van der Waals surface area contributed by atoms with E-state index in [0.717, 1.165) is 29.9 Å². The van der Waals surface area contributed by atoms with E-state index in [2.05, 4.69) is 24.0 Å². The number of rotatable bonds is 0. The van der Waals surface area contributed by atoms with E-state index in [-0.39, 0.29) is 11.7 Å². The van der Waals surface area contributed by atoms with E-state index in [1.54, 1.807) is 6.08 Å². The molecule has 100 valence electrons. The van der Waals surface area contributed by atoms with Gasteiger partial charge in [-0.15, -0.1) is 0 Å². The van der Waals surface area contributed by atoms with E-state index in [0.29, 0.717) is 0 Å².